The number of amides is 1. The Balaban J connectivity index is 1.80. The fourth-order valence-corrected chi connectivity index (χ4v) is 2.85. The second-order valence-corrected chi connectivity index (χ2v) is 5.40. The molecule has 0 fully saturated rings. The van der Waals surface area contributed by atoms with Crippen LogP contribution in [0.1, 0.15) is 21.6 Å². The van der Waals surface area contributed by atoms with Crippen molar-refractivity contribution in [3.63, 3.8) is 0 Å². The van der Waals surface area contributed by atoms with Crippen molar-refractivity contribution in [2.24, 2.45) is 11.7 Å². The molecule has 0 saturated heterocycles. The van der Waals surface area contributed by atoms with Crippen LogP contribution in [0, 0.1) is 5.92 Å². The molecule has 0 aliphatic carbocycles. The van der Waals surface area contributed by atoms with Gasteiger partial charge < -0.3 is 15.2 Å². The third-order valence-corrected chi connectivity index (χ3v) is 3.89. The van der Waals surface area contributed by atoms with Crippen molar-refractivity contribution in [2.45, 2.75) is 12.8 Å². The topological polar surface area (TPSA) is 74.4 Å². The van der Waals surface area contributed by atoms with Gasteiger partial charge in [-0.25, -0.2) is 0 Å². The lowest BCUT2D eigenvalue weighted by Gasteiger charge is -2.26. The highest BCUT2D eigenvalue weighted by atomic mass is 16.5. The van der Waals surface area contributed by atoms with Gasteiger partial charge in [-0.2, -0.15) is 0 Å². The summed E-state index contributed by atoms with van der Waals surface area (Å²) in [7, 11) is 1.64. The van der Waals surface area contributed by atoms with Crippen LogP contribution >= 0.6 is 0 Å². The van der Waals surface area contributed by atoms with Crippen molar-refractivity contribution < 1.29 is 14.3 Å². The van der Waals surface area contributed by atoms with Crippen molar-refractivity contribution in [1.82, 2.24) is 4.98 Å². The van der Waals surface area contributed by atoms with E-state index in [1.165, 1.54) is 0 Å². The van der Waals surface area contributed by atoms with E-state index in [1.807, 2.05) is 18.2 Å². The molecule has 5 heteroatoms. The predicted octanol–water partition coefficient (Wildman–Crippen LogP) is 1.98. The molecule has 1 aliphatic rings. The molecular weight excluding hydrogens is 280 g/mol. The lowest BCUT2D eigenvalue weighted by atomic mass is 9.91. The Hall–Kier alpha value is -2.56. The number of hydrogen-bond donors (Lipinski definition) is 1. The Kier molecular flexibility index (Phi) is 3.96. The van der Waals surface area contributed by atoms with Gasteiger partial charge in [-0.05, 0) is 36.6 Å². The molecule has 0 saturated carbocycles. The number of benzene rings is 1. The number of ether oxygens (including phenoxy) is 2. The van der Waals surface area contributed by atoms with Crippen LogP contribution in [0.2, 0.25) is 0 Å². The molecule has 1 aromatic carbocycles. The number of carbonyl (C=O) groups excluding carboxylic acids is 1. The molecule has 2 N–H and O–H groups in total. The average Bonchev–Trinajstić information content (AvgIpc) is 2.54. The minimum atomic E-state index is -0.443. The van der Waals surface area contributed by atoms with Crippen LogP contribution in [0.25, 0.3) is 0 Å². The van der Waals surface area contributed by atoms with Gasteiger partial charge in [0, 0.05) is 12.1 Å². The van der Waals surface area contributed by atoms with E-state index in [2.05, 4.69) is 4.98 Å². The molecule has 114 valence electrons. The average molecular weight is 298 g/mol. The highest BCUT2D eigenvalue weighted by molar-refractivity contribution is 5.93. The molecule has 0 radical (unpaired) electrons. The maximum Gasteiger partial charge on any atom is 0.250 e. The monoisotopic (exact) mass is 298 g/mol. The number of para-hydroxylation sites is 1. The molecule has 0 unspecified atom stereocenters. The lowest BCUT2D eigenvalue weighted by molar-refractivity contribution is 0.0998. The first-order valence-electron chi connectivity index (χ1n) is 7.21. The maximum atomic E-state index is 11.5. The van der Waals surface area contributed by atoms with Crippen LogP contribution in [-0.4, -0.2) is 24.6 Å². The lowest BCUT2D eigenvalue weighted by Crippen LogP contribution is -2.25. The van der Waals surface area contributed by atoms with E-state index in [0.29, 0.717) is 18.6 Å². The molecule has 1 aromatic heterocycles. The van der Waals surface area contributed by atoms with Crippen molar-refractivity contribution >= 4 is 5.91 Å². The molecule has 2 aromatic rings. The number of fused-ring (bicyclic) bond motifs is 1. The minimum absolute atomic E-state index is 0.257. The Morgan fingerprint density at radius 3 is 3.05 bits per heavy atom. The quantitative estimate of drug-likeness (QED) is 0.936. The number of pyridine rings is 1. The van der Waals surface area contributed by atoms with Crippen LogP contribution < -0.4 is 15.2 Å². The third kappa shape index (κ3) is 2.74. The Morgan fingerprint density at radius 2 is 2.27 bits per heavy atom. The second kappa shape index (κ2) is 6.05. The SMILES string of the molecule is COc1cccc2c1OC[C@H](Cc1ncccc1C(N)=O)C2. The van der Waals surface area contributed by atoms with E-state index in [4.69, 9.17) is 15.2 Å². The van der Waals surface area contributed by atoms with Gasteiger partial charge in [0.2, 0.25) is 0 Å². The first-order valence-corrected chi connectivity index (χ1v) is 7.21. The molecule has 1 amide bonds. The zero-order chi connectivity index (χ0) is 15.5. The normalized spacial score (nSPS) is 16.5. The molecule has 2 heterocycles. The highest BCUT2D eigenvalue weighted by Gasteiger charge is 2.24. The van der Waals surface area contributed by atoms with Gasteiger partial charge in [0.05, 0.1) is 25.0 Å². The van der Waals surface area contributed by atoms with Crippen LogP contribution in [0.15, 0.2) is 36.5 Å². The summed E-state index contributed by atoms with van der Waals surface area (Å²) in [4.78, 5) is 15.8. The number of rotatable bonds is 4. The molecule has 1 aliphatic heterocycles. The van der Waals surface area contributed by atoms with E-state index < -0.39 is 5.91 Å². The molecular formula is C17H18N2O3. The van der Waals surface area contributed by atoms with Crippen LogP contribution in [0.5, 0.6) is 11.5 Å². The number of hydrogen-bond acceptors (Lipinski definition) is 4. The molecule has 22 heavy (non-hydrogen) atoms. The fourth-order valence-electron chi connectivity index (χ4n) is 2.85. The standard InChI is InChI=1S/C17H18N2O3/c1-21-15-6-2-4-12-8-11(10-22-16(12)15)9-14-13(17(18)20)5-3-7-19-14/h2-7,11H,8-10H2,1H3,(H2,18,20)/t11-/m0/s1. The van der Waals surface area contributed by atoms with E-state index in [0.717, 1.165) is 29.2 Å². The van der Waals surface area contributed by atoms with Crippen molar-refractivity contribution in [2.75, 3.05) is 13.7 Å². The number of nitrogens with two attached hydrogens (primary N) is 1. The van der Waals surface area contributed by atoms with E-state index in [1.54, 1.807) is 25.4 Å². The van der Waals surface area contributed by atoms with Gasteiger partial charge >= 0.3 is 0 Å². The number of primary amides is 1. The summed E-state index contributed by atoms with van der Waals surface area (Å²) in [6.45, 7) is 0.572. The predicted molar refractivity (Wildman–Crippen MR) is 82.1 cm³/mol. The molecule has 3 rings (SSSR count). The van der Waals surface area contributed by atoms with E-state index >= 15 is 0 Å². The molecule has 0 spiro atoms. The largest absolute Gasteiger partial charge is 0.493 e. The maximum absolute atomic E-state index is 11.5. The van der Waals surface area contributed by atoms with Crippen LogP contribution in [0.4, 0.5) is 0 Å². The summed E-state index contributed by atoms with van der Waals surface area (Å²) < 4.78 is 11.2. The summed E-state index contributed by atoms with van der Waals surface area (Å²) >= 11 is 0. The van der Waals surface area contributed by atoms with Crippen molar-refractivity contribution in [3.8, 4) is 11.5 Å². The molecule has 1 atom stereocenters. The minimum Gasteiger partial charge on any atom is -0.493 e. The summed E-state index contributed by atoms with van der Waals surface area (Å²) in [5, 5.41) is 0. The van der Waals surface area contributed by atoms with Crippen molar-refractivity contribution in [3.05, 3.63) is 53.3 Å². The van der Waals surface area contributed by atoms with E-state index in [-0.39, 0.29) is 5.92 Å². The zero-order valence-electron chi connectivity index (χ0n) is 12.4. The van der Waals surface area contributed by atoms with Gasteiger partial charge in [0.1, 0.15) is 0 Å². The first kappa shape index (κ1) is 14.4. The third-order valence-electron chi connectivity index (χ3n) is 3.89. The van der Waals surface area contributed by atoms with Gasteiger partial charge in [-0.15, -0.1) is 0 Å². The Morgan fingerprint density at radius 1 is 1.41 bits per heavy atom. The number of carbonyl (C=O) groups is 1. The first-order chi connectivity index (χ1) is 10.7. The van der Waals surface area contributed by atoms with Crippen molar-refractivity contribution in [1.29, 1.82) is 0 Å². The van der Waals surface area contributed by atoms with E-state index in [9.17, 15) is 4.79 Å². The number of nitrogens with zero attached hydrogens (tertiary/aromatic N) is 1. The van der Waals surface area contributed by atoms with Gasteiger partial charge in [-0.1, -0.05) is 12.1 Å². The van der Waals surface area contributed by atoms with Gasteiger partial charge in [0.25, 0.3) is 5.91 Å². The Bertz CT molecular complexity index is 700. The van der Waals surface area contributed by atoms with Crippen LogP contribution in [-0.2, 0) is 12.8 Å². The number of aromatic nitrogens is 1. The number of methoxy groups -OCH3 is 1. The smallest absolute Gasteiger partial charge is 0.250 e. The zero-order valence-corrected chi connectivity index (χ0v) is 12.4. The molecule has 5 nitrogen and oxygen atoms in total. The summed E-state index contributed by atoms with van der Waals surface area (Å²) in [6.07, 6.45) is 3.21. The molecule has 0 bridgehead atoms. The summed E-state index contributed by atoms with van der Waals surface area (Å²) in [6, 6.07) is 9.33. The fraction of sp³-hybridized carbons (Fsp3) is 0.294. The second-order valence-electron chi connectivity index (χ2n) is 5.40. The summed E-state index contributed by atoms with van der Waals surface area (Å²) in [5.41, 5.74) is 7.74. The Labute approximate surface area is 129 Å². The van der Waals surface area contributed by atoms with Crippen LogP contribution in [0.3, 0.4) is 0 Å². The van der Waals surface area contributed by atoms with Gasteiger partial charge in [0.15, 0.2) is 11.5 Å². The summed E-state index contributed by atoms with van der Waals surface area (Å²) in [5.74, 6) is 1.39. The highest BCUT2D eigenvalue weighted by Crippen LogP contribution is 2.36. The van der Waals surface area contributed by atoms with Gasteiger partial charge in [-0.3, -0.25) is 9.78 Å².